The number of likely N-dealkylation sites (tertiary alicyclic amines) is 1. The average Bonchev–Trinajstić information content (AvgIpc) is 2.19. The van der Waals surface area contributed by atoms with E-state index in [2.05, 4.69) is 0 Å². The Bertz CT molecular complexity index is 372. The molecule has 0 amide bonds. The topological polar surface area (TPSA) is 60.8 Å². The lowest BCUT2D eigenvalue weighted by Crippen LogP contribution is -2.58. The van der Waals surface area contributed by atoms with Crippen molar-refractivity contribution in [1.29, 1.82) is 0 Å². The number of alkyl halides is 6. The third-order valence-corrected chi connectivity index (χ3v) is 3.49. The van der Waals surface area contributed by atoms with Crippen LogP contribution in [-0.4, -0.2) is 45.2 Å². The van der Waals surface area contributed by atoms with E-state index in [0.717, 1.165) is 4.90 Å². The quantitative estimate of drug-likeness (QED) is 0.583. The van der Waals surface area contributed by atoms with Crippen molar-refractivity contribution in [1.82, 2.24) is 4.90 Å². The van der Waals surface area contributed by atoms with Gasteiger partial charge in [0.1, 0.15) is 0 Å². The Morgan fingerprint density at radius 3 is 2.00 bits per heavy atom. The fraction of sp³-hybridized carbons (Fsp3) is 1.00. The van der Waals surface area contributed by atoms with E-state index in [1.54, 1.807) is 6.92 Å². The number of hydrogen-bond acceptors (Lipinski definition) is 2. The van der Waals surface area contributed by atoms with Gasteiger partial charge in [-0.25, -0.2) is 0 Å². The predicted molar refractivity (Wildman–Crippen MR) is 67.2 cm³/mol. The second-order valence-corrected chi connectivity index (χ2v) is 6.03. The van der Waals surface area contributed by atoms with Gasteiger partial charge in [-0.15, -0.1) is 9.79 Å². The van der Waals surface area contributed by atoms with Crippen LogP contribution in [0.5, 0.6) is 0 Å². The summed E-state index contributed by atoms with van der Waals surface area (Å²) in [6.45, 7) is 1.56. The standard InChI is InChI=1S/C11H17F6N.HO3P/c1-8-4-3-5-9(2,6-10(12,13)14)18(8)7-11(15,16)17;1-4(2)3/h8H,3-7H2,1-2H3;(H-,1,2,3)/p+1. The molecule has 1 saturated heterocycles. The molecule has 1 heterocycles. The van der Waals surface area contributed by atoms with E-state index in [9.17, 15) is 26.3 Å². The molecule has 2 unspecified atom stereocenters. The summed E-state index contributed by atoms with van der Waals surface area (Å²) in [4.78, 5) is 15.2. The fourth-order valence-corrected chi connectivity index (χ4v) is 2.77. The first-order chi connectivity index (χ1) is 9.66. The van der Waals surface area contributed by atoms with Crippen LogP contribution in [0.15, 0.2) is 0 Å². The maximum Gasteiger partial charge on any atom is 0.692 e. The Hall–Kier alpha value is -0.440. The van der Waals surface area contributed by atoms with Crippen LogP contribution >= 0.6 is 8.25 Å². The molecule has 132 valence electrons. The Morgan fingerprint density at radius 2 is 1.64 bits per heavy atom. The molecule has 11 heteroatoms. The van der Waals surface area contributed by atoms with Gasteiger partial charge in [0.05, 0.1) is 13.0 Å². The van der Waals surface area contributed by atoms with Gasteiger partial charge in [-0.1, -0.05) is 6.42 Å². The molecular weight excluding hydrogens is 339 g/mol. The molecule has 2 N–H and O–H groups in total. The minimum atomic E-state index is -4.47. The molecular formula is C11H19F6NO3P+. The van der Waals surface area contributed by atoms with E-state index in [4.69, 9.17) is 14.4 Å². The molecule has 22 heavy (non-hydrogen) atoms. The summed E-state index contributed by atoms with van der Waals surface area (Å²) in [6, 6.07) is -0.479. The second-order valence-electron chi connectivity index (χ2n) is 5.53. The zero-order valence-electron chi connectivity index (χ0n) is 12.1. The first-order valence-corrected chi connectivity index (χ1v) is 7.58. The van der Waals surface area contributed by atoms with E-state index in [1.165, 1.54) is 6.92 Å². The van der Waals surface area contributed by atoms with Gasteiger partial charge in [0.15, 0.2) is 0 Å². The molecule has 0 saturated carbocycles. The van der Waals surface area contributed by atoms with Crippen LogP contribution in [0.25, 0.3) is 0 Å². The van der Waals surface area contributed by atoms with Crippen molar-refractivity contribution in [2.75, 3.05) is 6.54 Å². The molecule has 1 fully saturated rings. The third kappa shape index (κ3) is 8.87. The Kier molecular flexibility index (Phi) is 7.74. The zero-order valence-corrected chi connectivity index (χ0v) is 13.0. The van der Waals surface area contributed by atoms with E-state index in [1.807, 2.05) is 0 Å². The summed E-state index contributed by atoms with van der Waals surface area (Å²) in [5.41, 5.74) is -1.45. The molecule has 0 aromatic heterocycles. The van der Waals surface area contributed by atoms with E-state index in [0.29, 0.717) is 12.8 Å². The lowest BCUT2D eigenvalue weighted by atomic mass is 9.82. The molecule has 4 nitrogen and oxygen atoms in total. The van der Waals surface area contributed by atoms with Gasteiger partial charge in [0, 0.05) is 16.1 Å². The van der Waals surface area contributed by atoms with Crippen molar-refractivity contribution >= 4 is 8.25 Å². The minimum Gasteiger partial charge on any atom is -0.286 e. The van der Waals surface area contributed by atoms with Crippen molar-refractivity contribution in [3.63, 3.8) is 0 Å². The second kappa shape index (κ2) is 7.90. The van der Waals surface area contributed by atoms with Gasteiger partial charge >= 0.3 is 20.6 Å². The molecule has 2 atom stereocenters. The maximum atomic E-state index is 12.5. The van der Waals surface area contributed by atoms with E-state index >= 15 is 0 Å². The van der Waals surface area contributed by atoms with Crippen LogP contribution in [0.4, 0.5) is 26.3 Å². The SMILES string of the molecule is CC1CCCC(C)(CC(F)(F)F)N1CC(F)(F)F.O=[P+](O)O. The Balaban J connectivity index is 0.000000980. The highest BCUT2D eigenvalue weighted by Crippen LogP contribution is 2.41. The minimum absolute atomic E-state index is 0.146. The normalized spacial score (nSPS) is 27.1. The summed E-state index contributed by atoms with van der Waals surface area (Å²) in [7, 11) is -2.87. The van der Waals surface area contributed by atoms with Gasteiger partial charge in [-0.3, -0.25) is 4.90 Å². The first-order valence-electron chi connectivity index (χ1n) is 6.41. The largest absolute Gasteiger partial charge is 0.692 e. The van der Waals surface area contributed by atoms with Crippen LogP contribution < -0.4 is 0 Å². The molecule has 1 rings (SSSR count). The van der Waals surface area contributed by atoms with Gasteiger partial charge in [-0.05, 0) is 26.7 Å². The maximum absolute atomic E-state index is 12.5. The van der Waals surface area contributed by atoms with Crippen molar-refractivity contribution in [3.8, 4) is 0 Å². The molecule has 0 spiro atoms. The Labute approximate surface area is 125 Å². The molecule has 0 aromatic rings. The van der Waals surface area contributed by atoms with Crippen molar-refractivity contribution in [2.45, 2.75) is 63.5 Å². The summed E-state index contributed by atoms with van der Waals surface area (Å²) < 4.78 is 83.6. The summed E-state index contributed by atoms with van der Waals surface area (Å²) >= 11 is 0. The van der Waals surface area contributed by atoms with Crippen LogP contribution in [0, 0.1) is 0 Å². The van der Waals surface area contributed by atoms with Gasteiger partial charge in [-0.2, -0.15) is 26.3 Å². The number of nitrogens with zero attached hydrogens (tertiary/aromatic N) is 1. The number of hydrogen-bond donors (Lipinski definition) is 2. The van der Waals surface area contributed by atoms with Crippen molar-refractivity contribution in [2.24, 2.45) is 0 Å². The van der Waals surface area contributed by atoms with Crippen LogP contribution in [0.1, 0.15) is 39.5 Å². The van der Waals surface area contributed by atoms with Crippen LogP contribution in [0.2, 0.25) is 0 Å². The number of halogens is 6. The highest BCUT2D eigenvalue weighted by atomic mass is 31.1. The summed E-state index contributed by atoms with van der Waals surface area (Å²) in [5, 5.41) is 0. The predicted octanol–water partition coefficient (Wildman–Crippen LogP) is 3.76. The number of rotatable bonds is 2. The van der Waals surface area contributed by atoms with E-state index < -0.39 is 45.2 Å². The number of piperidine rings is 1. The first kappa shape index (κ1) is 21.6. The highest BCUT2D eigenvalue weighted by molar-refractivity contribution is 7.30. The average molecular weight is 358 g/mol. The summed E-state index contributed by atoms with van der Waals surface area (Å²) in [6.07, 6.45) is -8.94. The van der Waals surface area contributed by atoms with Gasteiger partial charge in [0.2, 0.25) is 0 Å². The van der Waals surface area contributed by atoms with Crippen LogP contribution in [0.3, 0.4) is 0 Å². The van der Waals surface area contributed by atoms with Crippen molar-refractivity contribution < 1.29 is 40.7 Å². The molecule has 0 aliphatic carbocycles. The van der Waals surface area contributed by atoms with E-state index in [-0.39, 0.29) is 6.42 Å². The smallest absolute Gasteiger partial charge is 0.286 e. The molecule has 0 bridgehead atoms. The third-order valence-electron chi connectivity index (χ3n) is 3.49. The van der Waals surface area contributed by atoms with Gasteiger partial charge in [0.25, 0.3) is 0 Å². The molecule has 1 aliphatic rings. The lowest BCUT2D eigenvalue weighted by Gasteiger charge is -2.49. The highest BCUT2D eigenvalue weighted by Gasteiger charge is 2.49. The fourth-order valence-electron chi connectivity index (χ4n) is 2.77. The van der Waals surface area contributed by atoms with Crippen LogP contribution in [-0.2, 0) is 4.57 Å². The lowest BCUT2D eigenvalue weighted by molar-refractivity contribution is -0.200. The Morgan fingerprint density at radius 1 is 1.18 bits per heavy atom. The molecule has 1 aliphatic heterocycles. The monoisotopic (exact) mass is 358 g/mol. The molecule has 0 aromatic carbocycles. The zero-order chi connectivity index (χ0) is 17.8. The molecule has 0 radical (unpaired) electrons. The van der Waals surface area contributed by atoms with Crippen molar-refractivity contribution in [3.05, 3.63) is 0 Å². The summed E-state index contributed by atoms with van der Waals surface area (Å²) in [5.74, 6) is 0. The van der Waals surface area contributed by atoms with Gasteiger partial charge < -0.3 is 0 Å².